The minimum Gasteiger partial charge on any atom is -0.497 e. The number of amides is 3. The van der Waals surface area contributed by atoms with Crippen LogP contribution in [-0.4, -0.2) is 46.8 Å². The summed E-state index contributed by atoms with van der Waals surface area (Å²) in [5.41, 5.74) is 2.66. The Bertz CT molecular complexity index is 1370. The predicted octanol–water partition coefficient (Wildman–Crippen LogP) is 5.96. The van der Waals surface area contributed by atoms with Crippen molar-refractivity contribution in [3.63, 3.8) is 0 Å². The molecule has 8 nitrogen and oxygen atoms in total. The normalized spacial score (nSPS) is 10.6. The molecule has 0 radical (unpaired) electrons. The Morgan fingerprint density at radius 2 is 1.74 bits per heavy atom. The first-order valence-electron chi connectivity index (χ1n) is 12.4. The number of carbonyl (C=O) groups excluding carboxylic acids is 2. The highest BCUT2D eigenvalue weighted by atomic mass is 19.1. The molecule has 4 rings (SSSR count). The molecule has 0 saturated carbocycles. The minimum absolute atomic E-state index is 0.162. The molecule has 196 valence electrons. The number of ether oxygens (including phenoxy) is 1. The Morgan fingerprint density at radius 1 is 0.974 bits per heavy atom. The lowest BCUT2D eigenvalue weighted by molar-refractivity contribution is -0.116. The summed E-state index contributed by atoms with van der Waals surface area (Å²) in [5.74, 6) is 0.265. The van der Waals surface area contributed by atoms with Gasteiger partial charge in [0.15, 0.2) is 0 Å². The van der Waals surface area contributed by atoms with Gasteiger partial charge in [0.05, 0.1) is 18.5 Å². The first kappa shape index (κ1) is 26.4. The minimum atomic E-state index is -0.390. The van der Waals surface area contributed by atoms with E-state index in [2.05, 4.69) is 15.7 Å². The van der Waals surface area contributed by atoms with Crippen molar-refractivity contribution in [1.82, 2.24) is 14.7 Å². The van der Waals surface area contributed by atoms with Crippen molar-refractivity contribution in [2.24, 2.45) is 0 Å². The van der Waals surface area contributed by atoms with E-state index >= 15 is 0 Å². The van der Waals surface area contributed by atoms with Crippen molar-refractivity contribution >= 4 is 23.4 Å². The summed E-state index contributed by atoms with van der Waals surface area (Å²) in [6.45, 7) is 2.27. The number of carbonyl (C=O) groups is 2. The molecule has 9 heteroatoms. The number of benzene rings is 3. The summed E-state index contributed by atoms with van der Waals surface area (Å²) in [4.78, 5) is 27.7. The van der Waals surface area contributed by atoms with Crippen LogP contribution in [0.5, 0.6) is 5.75 Å². The SMILES string of the molecule is CCCCN(CC(=O)Nc1cc(-c2ccccc2)nn1-c1ccc(F)cc1)C(=O)Nc1cccc(OC)c1. The van der Waals surface area contributed by atoms with Crippen molar-refractivity contribution in [1.29, 1.82) is 0 Å². The lowest BCUT2D eigenvalue weighted by Crippen LogP contribution is -2.41. The molecule has 0 bridgehead atoms. The molecule has 3 aromatic carbocycles. The number of aromatic nitrogens is 2. The molecule has 0 atom stereocenters. The third kappa shape index (κ3) is 6.76. The highest BCUT2D eigenvalue weighted by molar-refractivity contribution is 5.97. The average Bonchev–Trinajstić information content (AvgIpc) is 3.35. The number of nitrogens with one attached hydrogen (secondary N) is 2. The molecule has 0 aliphatic carbocycles. The molecule has 2 N–H and O–H groups in total. The Kier molecular flexibility index (Phi) is 8.71. The van der Waals surface area contributed by atoms with E-state index in [0.717, 1.165) is 18.4 Å². The number of halogens is 1. The Hall–Kier alpha value is -4.66. The summed E-state index contributed by atoms with van der Waals surface area (Å²) in [5, 5.41) is 10.4. The van der Waals surface area contributed by atoms with Crippen molar-refractivity contribution in [2.45, 2.75) is 19.8 Å². The van der Waals surface area contributed by atoms with Crippen LogP contribution >= 0.6 is 0 Å². The van der Waals surface area contributed by atoms with E-state index in [4.69, 9.17) is 4.74 Å². The quantitative estimate of drug-likeness (QED) is 0.273. The maximum Gasteiger partial charge on any atom is 0.322 e. The van der Waals surface area contributed by atoms with Crippen LogP contribution in [0.15, 0.2) is 84.9 Å². The smallest absolute Gasteiger partial charge is 0.322 e. The zero-order valence-corrected chi connectivity index (χ0v) is 21.4. The number of rotatable bonds is 10. The number of methoxy groups -OCH3 is 1. The summed E-state index contributed by atoms with van der Waals surface area (Å²) < 4.78 is 20.3. The topological polar surface area (TPSA) is 88.5 Å². The van der Waals surface area contributed by atoms with Gasteiger partial charge in [-0.05, 0) is 42.8 Å². The number of nitrogens with zero attached hydrogens (tertiary/aromatic N) is 3. The van der Waals surface area contributed by atoms with E-state index in [0.29, 0.717) is 35.2 Å². The Labute approximate surface area is 221 Å². The molecule has 3 amide bonds. The fourth-order valence-electron chi connectivity index (χ4n) is 3.86. The largest absolute Gasteiger partial charge is 0.497 e. The molecule has 0 spiro atoms. The van der Waals surface area contributed by atoms with Gasteiger partial charge >= 0.3 is 6.03 Å². The second-order valence-corrected chi connectivity index (χ2v) is 8.65. The lowest BCUT2D eigenvalue weighted by Gasteiger charge is -2.22. The van der Waals surface area contributed by atoms with Crippen LogP contribution in [-0.2, 0) is 4.79 Å². The van der Waals surface area contributed by atoms with E-state index in [-0.39, 0.29) is 24.3 Å². The lowest BCUT2D eigenvalue weighted by atomic mass is 10.1. The van der Waals surface area contributed by atoms with Gasteiger partial charge in [0.2, 0.25) is 5.91 Å². The summed E-state index contributed by atoms with van der Waals surface area (Å²) in [6.07, 6.45) is 1.60. The van der Waals surface area contributed by atoms with Gasteiger partial charge in [-0.15, -0.1) is 0 Å². The molecule has 1 heterocycles. The third-order valence-corrected chi connectivity index (χ3v) is 5.84. The molecule has 0 saturated heterocycles. The number of anilines is 2. The maximum atomic E-state index is 13.6. The van der Waals surface area contributed by atoms with Gasteiger partial charge in [-0.25, -0.2) is 13.9 Å². The van der Waals surface area contributed by atoms with Gasteiger partial charge in [0, 0.05) is 29.9 Å². The van der Waals surface area contributed by atoms with Crippen molar-refractivity contribution < 1.29 is 18.7 Å². The van der Waals surface area contributed by atoms with Gasteiger partial charge < -0.3 is 20.3 Å². The van der Waals surface area contributed by atoms with Gasteiger partial charge in [-0.2, -0.15) is 5.10 Å². The highest BCUT2D eigenvalue weighted by Crippen LogP contribution is 2.25. The molecule has 0 aliphatic heterocycles. The van der Waals surface area contributed by atoms with E-state index in [1.807, 2.05) is 37.3 Å². The molecular formula is C29H30FN5O3. The third-order valence-electron chi connectivity index (χ3n) is 5.84. The summed E-state index contributed by atoms with van der Waals surface area (Å²) in [6, 6.07) is 23.8. The van der Waals surface area contributed by atoms with Gasteiger partial charge in [-0.1, -0.05) is 49.7 Å². The second-order valence-electron chi connectivity index (χ2n) is 8.65. The number of urea groups is 1. The molecule has 1 aromatic heterocycles. The molecule has 38 heavy (non-hydrogen) atoms. The standard InChI is InChI=1S/C29H30FN5O3/c1-3-4-17-34(29(37)31-23-11-8-12-25(18-23)38-2)20-28(36)32-27-19-26(21-9-6-5-7-10-21)33-35(27)24-15-13-22(30)14-16-24/h5-16,18-19H,3-4,17,20H2,1-2H3,(H,31,37)(H,32,36). The van der Waals surface area contributed by atoms with Crippen LogP contribution in [0.25, 0.3) is 16.9 Å². The van der Waals surface area contributed by atoms with Crippen LogP contribution in [0.1, 0.15) is 19.8 Å². The van der Waals surface area contributed by atoms with Gasteiger partial charge in [0.1, 0.15) is 23.9 Å². The molecule has 0 unspecified atom stereocenters. The van der Waals surface area contributed by atoms with Gasteiger partial charge in [0.25, 0.3) is 0 Å². The number of unbranched alkanes of at least 4 members (excludes halogenated alkanes) is 1. The first-order chi connectivity index (χ1) is 18.5. The van der Waals surface area contributed by atoms with E-state index in [1.54, 1.807) is 54.3 Å². The van der Waals surface area contributed by atoms with Crippen LogP contribution in [0.3, 0.4) is 0 Å². The van der Waals surface area contributed by atoms with Crippen molar-refractivity contribution in [3.8, 4) is 22.7 Å². The van der Waals surface area contributed by atoms with Crippen LogP contribution in [0.4, 0.5) is 20.7 Å². The predicted molar refractivity (Wildman–Crippen MR) is 146 cm³/mol. The fraction of sp³-hybridized carbons (Fsp3) is 0.207. The first-order valence-corrected chi connectivity index (χ1v) is 12.4. The van der Waals surface area contributed by atoms with E-state index in [9.17, 15) is 14.0 Å². The number of hydrogen-bond acceptors (Lipinski definition) is 4. The van der Waals surface area contributed by atoms with Crippen LogP contribution in [0.2, 0.25) is 0 Å². The van der Waals surface area contributed by atoms with E-state index in [1.165, 1.54) is 17.0 Å². The Morgan fingerprint density at radius 3 is 2.45 bits per heavy atom. The van der Waals surface area contributed by atoms with Crippen molar-refractivity contribution in [3.05, 3.63) is 90.7 Å². The molecule has 0 aliphatic rings. The molecule has 4 aromatic rings. The monoisotopic (exact) mass is 515 g/mol. The summed E-state index contributed by atoms with van der Waals surface area (Å²) in [7, 11) is 1.55. The van der Waals surface area contributed by atoms with Crippen molar-refractivity contribution in [2.75, 3.05) is 30.8 Å². The van der Waals surface area contributed by atoms with Crippen LogP contribution < -0.4 is 15.4 Å². The zero-order valence-electron chi connectivity index (χ0n) is 21.4. The zero-order chi connectivity index (χ0) is 26.9. The molecular weight excluding hydrogens is 485 g/mol. The second kappa shape index (κ2) is 12.5. The maximum absolute atomic E-state index is 13.6. The highest BCUT2D eigenvalue weighted by Gasteiger charge is 2.20. The fourth-order valence-corrected chi connectivity index (χ4v) is 3.86. The Balaban J connectivity index is 1.54. The van der Waals surface area contributed by atoms with E-state index < -0.39 is 0 Å². The number of hydrogen-bond donors (Lipinski definition) is 2. The van der Waals surface area contributed by atoms with Gasteiger partial charge in [-0.3, -0.25) is 4.79 Å². The summed E-state index contributed by atoms with van der Waals surface area (Å²) >= 11 is 0. The molecule has 0 fully saturated rings. The average molecular weight is 516 g/mol. The van der Waals surface area contributed by atoms with Crippen LogP contribution in [0, 0.1) is 5.82 Å².